The third-order valence-corrected chi connectivity index (χ3v) is 5.58. The van der Waals surface area contributed by atoms with E-state index in [9.17, 15) is 23.6 Å². The summed E-state index contributed by atoms with van der Waals surface area (Å²) >= 11 is 0. The number of nitrogens with zero attached hydrogens (tertiary/aromatic N) is 1. The molecule has 5 N–H and O–H groups in total. The Bertz CT molecular complexity index is 1350. The predicted molar refractivity (Wildman–Crippen MR) is 134 cm³/mol. The molecule has 1 heterocycles. The number of anilines is 1. The molecule has 2 atom stereocenters. The van der Waals surface area contributed by atoms with Crippen LogP contribution in [0.25, 0.3) is 10.9 Å². The highest BCUT2D eigenvalue weighted by Crippen LogP contribution is 2.19. The molecule has 0 aliphatic heterocycles. The molecule has 2 aromatic carbocycles. The fraction of sp³-hybridized carbons (Fsp3) is 0.231. The minimum absolute atomic E-state index is 0.0682. The van der Waals surface area contributed by atoms with Crippen molar-refractivity contribution < 1.29 is 23.6 Å². The van der Waals surface area contributed by atoms with Gasteiger partial charge in [-0.25, -0.2) is 4.39 Å². The number of benzene rings is 2. The maximum absolute atomic E-state index is 13.3. The van der Waals surface area contributed by atoms with Crippen LogP contribution in [0.3, 0.4) is 0 Å². The quantitative estimate of drug-likeness (QED) is 0.238. The summed E-state index contributed by atoms with van der Waals surface area (Å²) in [6, 6.07) is 11.8. The summed E-state index contributed by atoms with van der Waals surface area (Å²) in [5.74, 6) is -3.04. The van der Waals surface area contributed by atoms with E-state index < -0.39 is 47.8 Å². The Hall–Kier alpha value is -4.85. The van der Waals surface area contributed by atoms with E-state index >= 15 is 0 Å². The number of aromatic amines is 1. The van der Waals surface area contributed by atoms with Gasteiger partial charge in [-0.2, -0.15) is 5.26 Å². The van der Waals surface area contributed by atoms with Gasteiger partial charge in [0.2, 0.25) is 17.7 Å². The molecule has 3 amide bonds. The average molecular weight is 505 g/mol. The number of amides is 3. The van der Waals surface area contributed by atoms with Gasteiger partial charge >= 0.3 is 0 Å². The zero-order valence-electron chi connectivity index (χ0n) is 19.7. The van der Waals surface area contributed by atoms with Gasteiger partial charge in [0.25, 0.3) is 0 Å². The molecule has 10 nitrogen and oxygen atoms in total. The average Bonchev–Trinajstić information content (AvgIpc) is 3.30. The maximum atomic E-state index is 13.3. The van der Waals surface area contributed by atoms with Crippen LogP contribution in [0.2, 0.25) is 0 Å². The topological polar surface area (TPSA) is 168 Å². The summed E-state index contributed by atoms with van der Waals surface area (Å²) < 4.78 is 13.2. The molecule has 0 saturated heterocycles. The van der Waals surface area contributed by atoms with Gasteiger partial charge in [0, 0.05) is 35.6 Å². The molecule has 0 fully saturated rings. The van der Waals surface area contributed by atoms with E-state index in [2.05, 4.69) is 20.9 Å². The van der Waals surface area contributed by atoms with Crippen molar-refractivity contribution in [2.75, 3.05) is 5.32 Å². The number of halogens is 1. The second-order valence-electron chi connectivity index (χ2n) is 8.23. The molecule has 1 aromatic heterocycles. The predicted octanol–water partition coefficient (Wildman–Crippen LogP) is 2.37. The molecule has 37 heavy (non-hydrogen) atoms. The van der Waals surface area contributed by atoms with Crippen LogP contribution in [0.15, 0.2) is 54.7 Å². The normalized spacial score (nSPS) is 12.1. The number of aromatic nitrogens is 1. The molecule has 11 heteroatoms. The van der Waals surface area contributed by atoms with Crippen LogP contribution in [-0.4, -0.2) is 46.8 Å². The van der Waals surface area contributed by atoms with Crippen LogP contribution in [0.4, 0.5) is 10.1 Å². The van der Waals surface area contributed by atoms with E-state index in [-0.39, 0.29) is 24.9 Å². The monoisotopic (exact) mass is 504 g/mol. The number of ketones is 1. The van der Waals surface area contributed by atoms with E-state index in [4.69, 9.17) is 10.7 Å². The van der Waals surface area contributed by atoms with Crippen molar-refractivity contribution in [2.24, 2.45) is 0 Å². The summed E-state index contributed by atoms with van der Waals surface area (Å²) in [5.41, 5.74) is 1.85. The minimum Gasteiger partial charge on any atom is -0.361 e. The number of fused-ring (bicyclic) bond motifs is 1. The standard InChI is InChI=1S/C26H25FN6O4/c27-17-5-7-18(8-6-17)31-25(36)22(10-9-19(34)14-29)33-26(37)23(32-24(35)11-12-28)13-16-15-30-21-4-2-1-3-20(16)21/h1-8,14-15,22-23,29-30H,9-11,13H2,(H,31,36)(H,32,35)(H,33,37)/t22-,23-/m0/s1. The number of H-pyrrole nitrogens is 1. The van der Waals surface area contributed by atoms with Crippen LogP contribution in [0.5, 0.6) is 0 Å². The van der Waals surface area contributed by atoms with Crippen LogP contribution < -0.4 is 16.0 Å². The smallest absolute Gasteiger partial charge is 0.246 e. The number of hydrogen-bond donors (Lipinski definition) is 5. The van der Waals surface area contributed by atoms with Gasteiger partial charge in [0.15, 0.2) is 5.78 Å². The highest BCUT2D eigenvalue weighted by molar-refractivity contribution is 6.26. The lowest BCUT2D eigenvalue weighted by Gasteiger charge is -2.23. The highest BCUT2D eigenvalue weighted by atomic mass is 19.1. The van der Waals surface area contributed by atoms with Gasteiger partial charge in [-0.15, -0.1) is 0 Å². The first-order valence-electron chi connectivity index (χ1n) is 11.4. The van der Waals surface area contributed by atoms with Crippen molar-refractivity contribution in [1.29, 1.82) is 10.7 Å². The number of para-hydroxylation sites is 1. The Balaban J connectivity index is 1.81. The molecule has 0 aliphatic rings. The Morgan fingerprint density at radius 3 is 2.46 bits per heavy atom. The zero-order chi connectivity index (χ0) is 26.8. The Morgan fingerprint density at radius 1 is 1.03 bits per heavy atom. The first-order valence-corrected chi connectivity index (χ1v) is 11.4. The molecule has 3 aromatic rings. The minimum atomic E-state index is -1.19. The molecule has 0 spiro atoms. The molecular weight excluding hydrogens is 479 g/mol. The van der Waals surface area contributed by atoms with Gasteiger partial charge in [0.05, 0.1) is 12.3 Å². The zero-order valence-corrected chi connectivity index (χ0v) is 19.7. The number of nitriles is 1. The van der Waals surface area contributed by atoms with Crippen molar-refractivity contribution in [3.63, 3.8) is 0 Å². The molecule has 0 saturated carbocycles. The van der Waals surface area contributed by atoms with Crippen molar-refractivity contribution in [2.45, 2.75) is 37.8 Å². The molecule has 0 bridgehead atoms. The van der Waals surface area contributed by atoms with Crippen LogP contribution >= 0.6 is 0 Å². The van der Waals surface area contributed by atoms with Gasteiger partial charge in [-0.05, 0) is 42.3 Å². The van der Waals surface area contributed by atoms with Crippen molar-refractivity contribution in [3.8, 4) is 6.07 Å². The summed E-state index contributed by atoms with van der Waals surface area (Å²) in [6.45, 7) is 0. The van der Waals surface area contributed by atoms with Crippen LogP contribution in [0.1, 0.15) is 24.8 Å². The van der Waals surface area contributed by atoms with Crippen LogP contribution in [-0.2, 0) is 25.6 Å². The number of carbonyl (C=O) groups excluding carboxylic acids is 4. The molecule has 3 rings (SSSR count). The maximum Gasteiger partial charge on any atom is 0.246 e. The Morgan fingerprint density at radius 2 is 1.76 bits per heavy atom. The van der Waals surface area contributed by atoms with Crippen LogP contribution in [0, 0.1) is 22.6 Å². The lowest BCUT2D eigenvalue weighted by atomic mass is 10.0. The Labute approximate surface area is 211 Å². The van der Waals surface area contributed by atoms with Gasteiger partial charge in [-0.1, -0.05) is 18.2 Å². The lowest BCUT2D eigenvalue weighted by Crippen LogP contribution is -2.53. The summed E-state index contributed by atoms with van der Waals surface area (Å²) in [5, 5.41) is 24.5. The first kappa shape index (κ1) is 26.7. The fourth-order valence-electron chi connectivity index (χ4n) is 3.71. The van der Waals surface area contributed by atoms with E-state index in [0.717, 1.165) is 28.6 Å². The summed E-state index contributed by atoms with van der Waals surface area (Å²) in [4.78, 5) is 53.2. The van der Waals surface area contributed by atoms with Gasteiger partial charge in [0.1, 0.15) is 24.3 Å². The highest BCUT2D eigenvalue weighted by Gasteiger charge is 2.28. The van der Waals surface area contributed by atoms with Gasteiger partial charge in [-0.3, -0.25) is 19.2 Å². The fourth-order valence-corrected chi connectivity index (χ4v) is 3.71. The SMILES string of the molecule is N#CCC(=O)N[C@@H](Cc1c[nH]c2ccccc12)C(=O)N[C@@H](CCC(=O)C=N)C(=O)Nc1ccc(F)cc1. The van der Waals surface area contributed by atoms with Crippen molar-refractivity contribution in [3.05, 3.63) is 66.1 Å². The van der Waals surface area contributed by atoms with E-state index in [1.807, 2.05) is 24.3 Å². The number of hydrogen-bond acceptors (Lipinski definition) is 6. The summed E-state index contributed by atoms with van der Waals surface area (Å²) in [7, 11) is 0. The van der Waals surface area contributed by atoms with Crippen molar-refractivity contribution >= 4 is 46.3 Å². The molecular formula is C26H25FN6O4. The van der Waals surface area contributed by atoms with E-state index in [1.54, 1.807) is 12.3 Å². The summed E-state index contributed by atoms with van der Waals surface area (Å²) in [6.07, 6.45) is 1.65. The van der Waals surface area contributed by atoms with E-state index in [1.165, 1.54) is 12.1 Å². The number of carbonyl (C=O) groups is 4. The molecule has 0 unspecified atom stereocenters. The molecule has 190 valence electrons. The molecule has 0 aliphatic carbocycles. The number of rotatable bonds is 12. The largest absolute Gasteiger partial charge is 0.361 e. The second kappa shape index (κ2) is 12.7. The van der Waals surface area contributed by atoms with Crippen molar-refractivity contribution in [1.82, 2.24) is 15.6 Å². The first-order chi connectivity index (χ1) is 17.8. The molecule has 0 radical (unpaired) electrons. The number of nitrogens with one attached hydrogen (secondary N) is 5. The lowest BCUT2D eigenvalue weighted by molar-refractivity contribution is -0.130. The Kier molecular flexibility index (Phi) is 9.21. The third kappa shape index (κ3) is 7.57. The third-order valence-electron chi connectivity index (χ3n) is 5.58. The van der Waals surface area contributed by atoms with E-state index in [0.29, 0.717) is 6.21 Å². The number of Topliss-reactive ketones (excluding diaryl/α,β-unsaturated/α-hetero) is 1. The second-order valence-corrected chi connectivity index (χ2v) is 8.23. The van der Waals surface area contributed by atoms with Gasteiger partial charge < -0.3 is 26.3 Å².